The molecule has 184 valence electrons. The van der Waals surface area contributed by atoms with Crippen LogP contribution in [0.4, 0.5) is 24.5 Å². The van der Waals surface area contributed by atoms with Gasteiger partial charge in [0.1, 0.15) is 23.1 Å². The number of carbonyl (C=O) groups excluding carboxylic acids is 1. The van der Waals surface area contributed by atoms with E-state index in [-0.39, 0.29) is 5.69 Å². The highest BCUT2D eigenvalue weighted by molar-refractivity contribution is 7.79. The zero-order valence-corrected chi connectivity index (χ0v) is 20.0. The number of nitrogens with zero attached hydrogens (tertiary/aromatic N) is 4. The van der Waals surface area contributed by atoms with Gasteiger partial charge in [0.15, 0.2) is 5.69 Å². The van der Waals surface area contributed by atoms with Crippen molar-refractivity contribution in [3.8, 4) is 17.6 Å². The lowest BCUT2D eigenvalue weighted by Crippen LogP contribution is -2.63. The normalized spacial score (nSPS) is 14.2. The highest BCUT2D eigenvalue weighted by atomic mass is 32.1. The van der Waals surface area contributed by atoms with Gasteiger partial charge in [-0.3, -0.25) is 4.79 Å². The predicted octanol–water partition coefficient (Wildman–Crippen LogP) is 6.11. The summed E-state index contributed by atoms with van der Waals surface area (Å²) in [7, 11) is 1.39. The van der Waals surface area contributed by atoms with Gasteiger partial charge in [0.2, 0.25) is 0 Å². The van der Waals surface area contributed by atoms with Crippen LogP contribution < -0.4 is 14.5 Å². The molecule has 1 amide bonds. The summed E-state index contributed by atoms with van der Waals surface area (Å²) in [5.41, 5.74) is -1.01. The molecule has 0 bridgehead atoms. The molecule has 0 atom stereocenters. The van der Waals surface area contributed by atoms with E-state index in [0.29, 0.717) is 30.0 Å². The molecule has 36 heavy (non-hydrogen) atoms. The summed E-state index contributed by atoms with van der Waals surface area (Å²) in [5.74, 6) is 0.862. The third-order valence-electron chi connectivity index (χ3n) is 6.22. The van der Waals surface area contributed by atoms with Crippen molar-refractivity contribution in [2.24, 2.45) is 0 Å². The second kappa shape index (κ2) is 9.95. The molecule has 1 saturated carbocycles. The van der Waals surface area contributed by atoms with Crippen molar-refractivity contribution in [1.29, 1.82) is 5.26 Å². The van der Waals surface area contributed by atoms with Crippen LogP contribution >= 0.6 is 12.2 Å². The molecule has 1 heterocycles. The number of hydrogen-bond donors (Lipinski definition) is 0. The van der Waals surface area contributed by atoms with E-state index in [1.807, 2.05) is 30.3 Å². The van der Waals surface area contributed by atoms with E-state index in [1.54, 1.807) is 29.2 Å². The molecule has 1 aromatic heterocycles. The van der Waals surface area contributed by atoms with Crippen molar-refractivity contribution in [1.82, 2.24) is 4.98 Å². The number of alkyl halides is 3. The molecule has 0 N–H and O–H groups in total. The summed E-state index contributed by atoms with van der Waals surface area (Å²) >= 11 is 5.27. The Hall–Kier alpha value is -3.97. The molecule has 6 nitrogen and oxygen atoms in total. The van der Waals surface area contributed by atoms with E-state index in [2.05, 4.69) is 4.98 Å². The number of nitriles is 1. The summed E-state index contributed by atoms with van der Waals surface area (Å²) in [6, 6.07) is 18.6. The molecule has 0 saturated heterocycles. The first-order valence-corrected chi connectivity index (χ1v) is 11.5. The maximum absolute atomic E-state index is 13.7. The van der Waals surface area contributed by atoms with Crippen molar-refractivity contribution in [2.45, 2.75) is 31.0 Å². The van der Waals surface area contributed by atoms with Crippen LogP contribution in [0.15, 0.2) is 66.9 Å². The van der Waals surface area contributed by atoms with Gasteiger partial charge in [-0.25, -0.2) is 4.98 Å². The smallest absolute Gasteiger partial charge is 0.419 e. The van der Waals surface area contributed by atoms with E-state index in [4.69, 9.17) is 22.2 Å². The van der Waals surface area contributed by atoms with Crippen LogP contribution in [-0.4, -0.2) is 29.0 Å². The third-order valence-corrected chi connectivity index (χ3v) is 6.43. The summed E-state index contributed by atoms with van der Waals surface area (Å²) in [6.45, 7) is 0. The van der Waals surface area contributed by atoms with Crippen molar-refractivity contribution in [3.05, 3.63) is 78.1 Å². The van der Waals surface area contributed by atoms with Gasteiger partial charge >= 0.3 is 6.18 Å². The molecule has 0 radical (unpaired) electrons. The molecule has 10 heteroatoms. The summed E-state index contributed by atoms with van der Waals surface area (Å²) < 4.78 is 46.1. The average Bonchev–Trinajstić information content (AvgIpc) is 2.85. The number of hydrogen-bond acceptors (Lipinski definition) is 5. The minimum atomic E-state index is -4.78. The topological polar surface area (TPSA) is 69.5 Å². The van der Waals surface area contributed by atoms with Gasteiger partial charge in [-0.15, -0.1) is 0 Å². The van der Waals surface area contributed by atoms with Gasteiger partial charge in [-0.1, -0.05) is 30.4 Å². The Morgan fingerprint density at radius 2 is 1.75 bits per heavy atom. The fourth-order valence-corrected chi connectivity index (χ4v) is 4.47. The number of rotatable bonds is 7. The average molecular weight is 511 g/mol. The highest BCUT2D eigenvalue weighted by Crippen LogP contribution is 2.43. The van der Waals surface area contributed by atoms with Crippen LogP contribution in [0.5, 0.6) is 11.5 Å². The zero-order valence-electron chi connectivity index (χ0n) is 19.2. The van der Waals surface area contributed by atoms with Crippen LogP contribution in [0.3, 0.4) is 0 Å². The molecular formula is C26H21F3N4O2S. The minimum absolute atomic E-state index is 0.0615. The number of para-hydroxylation sites is 1. The van der Waals surface area contributed by atoms with E-state index in [1.165, 1.54) is 18.6 Å². The lowest BCUT2D eigenvalue weighted by Gasteiger charge is -2.49. The summed E-state index contributed by atoms with van der Waals surface area (Å²) in [4.78, 5) is 20.1. The summed E-state index contributed by atoms with van der Waals surface area (Å²) in [6.07, 6.45) is -1.98. The van der Waals surface area contributed by atoms with Crippen LogP contribution in [-0.2, 0) is 11.0 Å². The summed E-state index contributed by atoms with van der Waals surface area (Å²) in [5, 5.41) is 9.01. The van der Waals surface area contributed by atoms with Crippen LogP contribution in [0, 0.1) is 11.3 Å². The van der Waals surface area contributed by atoms with Gasteiger partial charge in [0.25, 0.3) is 5.91 Å². The SMILES string of the molecule is CN(C(=O)C1(N(C=S)c2ccc(Oc3ccccc3)cc2)CCC1)c1cnc(C#N)c(C(F)(F)F)c1. The number of thiocarbonyl (C=S) groups is 1. The van der Waals surface area contributed by atoms with Gasteiger partial charge in [0.05, 0.1) is 22.9 Å². The number of ether oxygens (including phenoxy) is 1. The Morgan fingerprint density at radius 3 is 2.28 bits per heavy atom. The third kappa shape index (κ3) is 4.75. The van der Waals surface area contributed by atoms with Gasteiger partial charge in [-0.2, -0.15) is 18.4 Å². The number of likely N-dealkylation sites (N-methyl/N-ethyl adjacent to an activating group) is 1. The number of benzene rings is 2. The number of halogens is 3. The molecule has 1 aliphatic rings. The fourth-order valence-electron chi connectivity index (χ4n) is 4.15. The first-order chi connectivity index (χ1) is 17.2. The van der Waals surface area contributed by atoms with Crippen molar-refractivity contribution >= 4 is 35.0 Å². The molecule has 1 fully saturated rings. The Morgan fingerprint density at radius 1 is 1.11 bits per heavy atom. The van der Waals surface area contributed by atoms with Crippen LogP contribution in [0.25, 0.3) is 0 Å². The monoisotopic (exact) mass is 510 g/mol. The van der Waals surface area contributed by atoms with Crippen molar-refractivity contribution in [2.75, 3.05) is 16.8 Å². The Bertz CT molecular complexity index is 1300. The number of amides is 1. The van der Waals surface area contributed by atoms with E-state index < -0.39 is 28.9 Å². The maximum atomic E-state index is 13.7. The second-order valence-electron chi connectivity index (χ2n) is 8.33. The van der Waals surface area contributed by atoms with Crippen molar-refractivity contribution in [3.63, 3.8) is 0 Å². The molecule has 1 aliphatic carbocycles. The van der Waals surface area contributed by atoms with Gasteiger partial charge < -0.3 is 14.5 Å². The Kier molecular flexibility index (Phi) is 6.95. The number of carbonyl (C=O) groups is 1. The molecule has 0 aliphatic heterocycles. The molecule has 4 rings (SSSR count). The second-order valence-corrected chi connectivity index (χ2v) is 8.54. The molecular weight excluding hydrogens is 489 g/mol. The maximum Gasteiger partial charge on any atom is 0.419 e. The van der Waals surface area contributed by atoms with E-state index in [0.717, 1.165) is 23.6 Å². The number of pyridine rings is 1. The quantitative estimate of drug-likeness (QED) is 0.357. The largest absolute Gasteiger partial charge is 0.457 e. The van der Waals surface area contributed by atoms with Gasteiger partial charge in [0, 0.05) is 12.7 Å². The fraction of sp³-hybridized carbons (Fsp3) is 0.231. The van der Waals surface area contributed by atoms with E-state index >= 15 is 0 Å². The molecule has 3 aromatic rings. The Labute approximate surface area is 211 Å². The highest BCUT2D eigenvalue weighted by Gasteiger charge is 2.50. The predicted molar refractivity (Wildman–Crippen MR) is 133 cm³/mol. The first kappa shape index (κ1) is 25.1. The van der Waals surface area contributed by atoms with E-state index in [9.17, 15) is 18.0 Å². The van der Waals surface area contributed by atoms with Gasteiger partial charge in [-0.05, 0) is 61.7 Å². The molecule has 2 aromatic carbocycles. The number of anilines is 2. The first-order valence-electron chi connectivity index (χ1n) is 11.0. The number of aromatic nitrogens is 1. The lowest BCUT2D eigenvalue weighted by molar-refractivity contribution is -0.138. The zero-order chi connectivity index (χ0) is 25.9. The van der Waals surface area contributed by atoms with Crippen LogP contribution in [0.1, 0.15) is 30.5 Å². The standard InChI is InChI=1S/C26H21F3N4O2S/c1-32(19-14-22(26(27,28)29)23(15-30)31-16-19)24(34)25(12-5-13-25)33(17-36)18-8-10-21(11-9-18)35-20-6-3-2-4-7-20/h2-4,6-11,14,16-17H,5,12-13H2,1H3. The lowest BCUT2D eigenvalue weighted by atomic mass is 9.74. The molecule has 0 spiro atoms. The molecule has 0 unspecified atom stereocenters. The van der Waals surface area contributed by atoms with Crippen molar-refractivity contribution < 1.29 is 22.7 Å². The Balaban J connectivity index is 1.61. The minimum Gasteiger partial charge on any atom is -0.457 e. The van der Waals surface area contributed by atoms with Crippen LogP contribution in [0.2, 0.25) is 0 Å².